The zero-order chi connectivity index (χ0) is 11.7. The number of hydrogen-bond donors (Lipinski definition) is 1. The van der Waals surface area contributed by atoms with Crippen LogP contribution in [-0.2, 0) is 4.74 Å². The van der Waals surface area contributed by atoms with E-state index in [1.807, 2.05) is 0 Å². The molecule has 0 aromatic rings. The van der Waals surface area contributed by atoms with Crippen LogP contribution in [0.25, 0.3) is 0 Å². The van der Waals surface area contributed by atoms with Gasteiger partial charge >= 0.3 is 0 Å². The number of nitrogens with two attached hydrogens (primary N) is 1. The van der Waals surface area contributed by atoms with Gasteiger partial charge < -0.3 is 10.5 Å². The Hall–Kier alpha value is -0.120. The number of fused-ring (bicyclic) bond motifs is 2. The fourth-order valence-corrected chi connectivity index (χ4v) is 3.86. The quantitative estimate of drug-likeness (QED) is 0.812. The van der Waals surface area contributed by atoms with Crippen molar-refractivity contribution < 1.29 is 4.74 Å². The molecule has 2 bridgehead atoms. The number of likely N-dealkylation sites (tertiary alicyclic amines) is 1. The maximum atomic E-state index is 5.89. The standard InChI is InChI=1S/C14H26N2O/c15-7-11-1-3-12(4-2-11)8-16-9-13-5-6-14(10-16)17-13/h11-14H,1-10,15H2. The van der Waals surface area contributed by atoms with Crippen molar-refractivity contribution in [1.82, 2.24) is 4.90 Å². The van der Waals surface area contributed by atoms with Crippen molar-refractivity contribution in [2.75, 3.05) is 26.2 Å². The second kappa shape index (κ2) is 5.25. The van der Waals surface area contributed by atoms with Gasteiger partial charge in [0.2, 0.25) is 0 Å². The first-order valence-corrected chi connectivity index (χ1v) is 7.41. The van der Waals surface area contributed by atoms with Gasteiger partial charge in [-0.15, -0.1) is 0 Å². The number of morpholine rings is 1. The van der Waals surface area contributed by atoms with Gasteiger partial charge in [0.25, 0.3) is 0 Å². The van der Waals surface area contributed by atoms with Crippen LogP contribution in [0.5, 0.6) is 0 Å². The van der Waals surface area contributed by atoms with E-state index in [-0.39, 0.29) is 0 Å². The predicted octanol–water partition coefficient (Wildman–Crippen LogP) is 1.61. The Morgan fingerprint density at radius 1 is 0.882 bits per heavy atom. The first-order chi connectivity index (χ1) is 8.33. The zero-order valence-corrected chi connectivity index (χ0v) is 10.8. The highest BCUT2D eigenvalue weighted by molar-refractivity contribution is 4.86. The predicted molar refractivity (Wildman–Crippen MR) is 68.8 cm³/mol. The van der Waals surface area contributed by atoms with Crippen LogP contribution in [0, 0.1) is 11.8 Å². The Labute approximate surface area is 105 Å². The molecule has 3 fully saturated rings. The molecular weight excluding hydrogens is 212 g/mol. The van der Waals surface area contributed by atoms with Gasteiger partial charge in [-0.05, 0) is 56.9 Å². The molecule has 0 amide bonds. The number of rotatable bonds is 3. The molecule has 3 heteroatoms. The molecule has 2 aliphatic heterocycles. The summed E-state index contributed by atoms with van der Waals surface area (Å²) in [5.41, 5.74) is 5.75. The van der Waals surface area contributed by atoms with Crippen LogP contribution in [0.3, 0.4) is 0 Å². The van der Waals surface area contributed by atoms with E-state index in [1.165, 1.54) is 58.2 Å². The maximum Gasteiger partial charge on any atom is 0.0707 e. The minimum absolute atomic E-state index is 0.550. The van der Waals surface area contributed by atoms with Gasteiger partial charge in [0.1, 0.15) is 0 Å². The van der Waals surface area contributed by atoms with E-state index in [9.17, 15) is 0 Å². The van der Waals surface area contributed by atoms with Gasteiger partial charge in [-0.25, -0.2) is 0 Å². The van der Waals surface area contributed by atoms with E-state index in [1.54, 1.807) is 0 Å². The molecule has 2 saturated heterocycles. The molecule has 3 aliphatic rings. The number of hydrogen-bond acceptors (Lipinski definition) is 3. The molecule has 1 saturated carbocycles. The molecule has 1 aliphatic carbocycles. The Bertz CT molecular complexity index is 239. The highest BCUT2D eigenvalue weighted by atomic mass is 16.5. The topological polar surface area (TPSA) is 38.5 Å². The van der Waals surface area contributed by atoms with E-state index in [4.69, 9.17) is 10.5 Å². The Morgan fingerprint density at radius 3 is 2.06 bits per heavy atom. The molecule has 98 valence electrons. The molecule has 0 radical (unpaired) electrons. The van der Waals surface area contributed by atoms with E-state index in [0.29, 0.717) is 12.2 Å². The monoisotopic (exact) mass is 238 g/mol. The maximum absolute atomic E-state index is 5.89. The van der Waals surface area contributed by atoms with Crippen molar-refractivity contribution in [3.05, 3.63) is 0 Å². The highest BCUT2D eigenvalue weighted by Crippen LogP contribution is 2.31. The van der Waals surface area contributed by atoms with Crippen LogP contribution < -0.4 is 5.73 Å². The molecular formula is C14H26N2O. The van der Waals surface area contributed by atoms with Gasteiger partial charge in [-0.2, -0.15) is 0 Å². The smallest absolute Gasteiger partial charge is 0.0707 e. The molecule has 0 aromatic heterocycles. The molecule has 0 aromatic carbocycles. The third-order valence-corrected chi connectivity index (χ3v) is 4.94. The normalized spacial score (nSPS) is 42.9. The summed E-state index contributed by atoms with van der Waals surface area (Å²) in [6.07, 6.45) is 9.20. The largest absolute Gasteiger partial charge is 0.372 e. The van der Waals surface area contributed by atoms with Crippen molar-refractivity contribution >= 4 is 0 Å². The van der Waals surface area contributed by atoms with Crippen LogP contribution in [0.15, 0.2) is 0 Å². The van der Waals surface area contributed by atoms with E-state index >= 15 is 0 Å². The molecule has 2 heterocycles. The van der Waals surface area contributed by atoms with Crippen molar-refractivity contribution in [3.63, 3.8) is 0 Å². The van der Waals surface area contributed by atoms with Crippen molar-refractivity contribution in [3.8, 4) is 0 Å². The van der Waals surface area contributed by atoms with Gasteiger partial charge in [-0.3, -0.25) is 4.90 Å². The molecule has 3 nitrogen and oxygen atoms in total. The van der Waals surface area contributed by atoms with Gasteiger partial charge in [0.05, 0.1) is 12.2 Å². The summed E-state index contributed by atoms with van der Waals surface area (Å²) < 4.78 is 5.89. The van der Waals surface area contributed by atoms with Gasteiger partial charge in [0.15, 0.2) is 0 Å². The summed E-state index contributed by atoms with van der Waals surface area (Å²) >= 11 is 0. The fraction of sp³-hybridized carbons (Fsp3) is 1.00. The second-order valence-electron chi connectivity index (χ2n) is 6.30. The zero-order valence-electron chi connectivity index (χ0n) is 10.8. The Kier molecular flexibility index (Phi) is 3.69. The van der Waals surface area contributed by atoms with Crippen LogP contribution in [0.4, 0.5) is 0 Å². The summed E-state index contributed by atoms with van der Waals surface area (Å²) in [5, 5.41) is 0. The van der Waals surface area contributed by atoms with E-state index in [2.05, 4.69) is 4.90 Å². The summed E-state index contributed by atoms with van der Waals surface area (Å²) in [6, 6.07) is 0. The SMILES string of the molecule is NCC1CCC(CN2CC3CCC(C2)O3)CC1. The summed E-state index contributed by atoms with van der Waals surface area (Å²) in [5.74, 6) is 1.74. The highest BCUT2D eigenvalue weighted by Gasteiger charge is 2.34. The number of nitrogens with zero attached hydrogens (tertiary/aromatic N) is 1. The van der Waals surface area contributed by atoms with E-state index in [0.717, 1.165) is 18.4 Å². The van der Waals surface area contributed by atoms with Crippen LogP contribution >= 0.6 is 0 Å². The Morgan fingerprint density at radius 2 is 1.47 bits per heavy atom. The lowest BCUT2D eigenvalue weighted by Gasteiger charge is -2.36. The van der Waals surface area contributed by atoms with Crippen molar-refractivity contribution in [2.24, 2.45) is 17.6 Å². The third-order valence-electron chi connectivity index (χ3n) is 4.94. The fourth-order valence-electron chi connectivity index (χ4n) is 3.86. The lowest BCUT2D eigenvalue weighted by molar-refractivity contribution is -0.0443. The second-order valence-corrected chi connectivity index (χ2v) is 6.30. The third kappa shape index (κ3) is 2.83. The average Bonchev–Trinajstić information content (AvgIpc) is 2.70. The lowest BCUT2D eigenvalue weighted by atomic mass is 9.82. The average molecular weight is 238 g/mol. The molecule has 2 unspecified atom stereocenters. The molecule has 3 rings (SSSR count). The lowest BCUT2D eigenvalue weighted by Crippen LogP contribution is -2.45. The van der Waals surface area contributed by atoms with Gasteiger partial charge in [-0.1, -0.05) is 0 Å². The minimum Gasteiger partial charge on any atom is -0.372 e. The summed E-state index contributed by atoms with van der Waals surface area (Å²) in [4.78, 5) is 2.67. The minimum atomic E-state index is 0.550. The van der Waals surface area contributed by atoms with Crippen LogP contribution in [-0.4, -0.2) is 43.3 Å². The first kappa shape index (κ1) is 11.9. The molecule has 0 spiro atoms. The van der Waals surface area contributed by atoms with Crippen molar-refractivity contribution in [2.45, 2.75) is 50.7 Å². The first-order valence-electron chi connectivity index (χ1n) is 7.41. The molecule has 2 N–H and O–H groups in total. The van der Waals surface area contributed by atoms with Crippen LogP contribution in [0.1, 0.15) is 38.5 Å². The molecule has 17 heavy (non-hydrogen) atoms. The van der Waals surface area contributed by atoms with E-state index < -0.39 is 0 Å². The van der Waals surface area contributed by atoms with Crippen LogP contribution in [0.2, 0.25) is 0 Å². The summed E-state index contributed by atoms with van der Waals surface area (Å²) in [7, 11) is 0. The van der Waals surface area contributed by atoms with Crippen molar-refractivity contribution in [1.29, 1.82) is 0 Å². The Balaban J connectivity index is 1.45. The number of ether oxygens (including phenoxy) is 1. The summed E-state index contributed by atoms with van der Waals surface area (Å²) in [6.45, 7) is 4.59. The molecule has 2 atom stereocenters. The van der Waals surface area contributed by atoms with Gasteiger partial charge in [0, 0.05) is 19.6 Å².